The topological polar surface area (TPSA) is 47.9 Å². The highest BCUT2D eigenvalue weighted by atomic mass is 16.6. The number of hydrogen-bond acceptors (Lipinski definition) is 4. The van der Waals surface area contributed by atoms with Crippen LogP contribution in [0.4, 0.5) is 0 Å². The molecule has 0 fully saturated rings. The molecule has 0 aliphatic heterocycles. The number of hydrogen-bond donors (Lipinski definition) is 1. The number of aliphatic hydroxyl groups is 1. The lowest BCUT2D eigenvalue weighted by Gasteiger charge is -2.21. The Hall–Kier alpha value is -1.20. The maximum atomic E-state index is 8.64. The summed E-state index contributed by atoms with van der Waals surface area (Å²) in [4.78, 5) is 0. The predicted octanol–water partition coefficient (Wildman–Crippen LogP) is 5.78. The molecule has 1 aliphatic rings. The van der Waals surface area contributed by atoms with Gasteiger partial charge in [-0.1, -0.05) is 47.1 Å². The van der Waals surface area contributed by atoms with E-state index in [-0.39, 0.29) is 12.2 Å². The average Bonchev–Trinajstić information content (AvgIpc) is 2.69. The van der Waals surface area contributed by atoms with E-state index in [9.17, 15) is 0 Å². The van der Waals surface area contributed by atoms with Crippen molar-refractivity contribution in [2.24, 2.45) is 5.92 Å². The first-order valence-corrected chi connectivity index (χ1v) is 11.4. The molecule has 4 heteroatoms. The minimum absolute atomic E-state index is 0.0470. The van der Waals surface area contributed by atoms with Crippen LogP contribution in [0.1, 0.15) is 66.7 Å². The molecule has 1 N–H and O–H groups in total. The molecule has 30 heavy (non-hydrogen) atoms. The van der Waals surface area contributed by atoms with Crippen molar-refractivity contribution in [3.05, 3.63) is 47.1 Å². The number of aliphatic hydroxyl groups excluding tert-OH is 1. The van der Waals surface area contributed by atoms with Gasteiger partial charge in [-0.25, -0.2) is 0 Å². The third-order valence-corrected chi connectivity index (χ3v) is 5.48. The summed E-state index contributed by atoms with van der Waals surface area (Å²) in [5.41, 5.74) is 4.13. The Labute approximate surface area is 184 Å². The van der Waals surface area contributed by atoms with Crippen LogP contribution in [0.2, 0.25) is 0 Å². The zero-order valence-corrected chi connectivity index (χ0v) is 19.9. The summed E-state index contributed by atoms with van der Waals surface area (Å²) in [5, 5.41) is 8.64. The molecule has 4 nitrogen and oxygen atoms in total. The molecule has 0 spiro atoms. The molecular weight excluding hydrogens is 376 g/mol. The van der Waals surface area contributed by atoms with Gasteiger partial charge >= 0.3 is 0 Å². The van der Waals surface area contributed by atoms with Gasteiger partial charge in [-0.2, -0.15) is 0 Å². The SMILES string of the molecule is CC1=CCC/C(C)=C/C[C@@H](/C(C)=C/C=C/C(C)(C)OCCOCCOCCO)CC1. The second-order valence-corrected chi connectivity index (χ2v) is 8.78. The van der Waals surface area contributed by atoms with Gasteiger partial charge in [0.2, 0.25) is 0 Å². The molecular formula is C26H44O4. The Morgan fingerprint density at radius 3 is 2.43 bits per heavy atom. The molecule has 0 aromatic carbocycles. The molecule has 0 heterocycles. The Morgan fingerprint density at radius 2 is 1.70 bits per heavy atom. The third-order valence-electron chi connectivity index (χ3n) is 5.48. The van der Waals surface area contributed by atoms with E-state index < -0.39 is 0 Å². The van der Waals surface area contributed by atoms with Gasteiger partial charge in [0.05, 0.1) is 45.2 Å². The molecule has 0 radical (unpaired) electrons. The fourth-order valence-electron chi connectivity index (χ4n) is 3.39. The van der Waals surface area contributed by atoms with Crippen LogP contribution in [-0.4, -0.2) is 50.3 Å². The van der Waals surface area contributed by atoms with Crippen molar-refractivity contribution in [1.82, 2.24) is 0 Å². The summed E-state index contributed by atoms with van der Waals surface area (Å²) in [6.45, 7) is 13.4. The van der Waals surface area contributed by atoms with Crippen LogP contribution in [0, 0.1) is 5.92 Å². The van der Waals surface area contributed by atoms with E-state index in [1.54, 1.807) is 0 Å². The van der Waals surface area contributed by atoms with Crippen molar-refractivity contribution < 1.29 is 19.3 Å². The molecule has 1 rings (SSSR count). The van der Waals surface area contributed by atoms with Gasteiger partial charge < -0.3 is 19.3 Å². The molecule has 0 aromatic rings. The van der Waals surface area contributed by atoms with Crippen molar-refractivity contribution in [2.75, 3.05) is 39.6 Å². The van der Waals surface area contributed by atoms with Gasteiger partial charge in [0, 0.05) is 0 Å². The maximum absolute atomic E-state index is 8.64. The first kappa shape index (κ1) is 26.8. The number of allylic oxidation sites excluding steroid dienone is 7. The highest BCUT2D eigenvalue weighted by molar-refractivity contribution is 5.18. The molecule has 0 unspecified atom stereocenters. The lowest BCUT2D eigenvalue weighted by atomic mass is 9.88. The van der Waals surface area contributed by atoms with Gasteiger partial charge in [0.15, 0.2) is 0 Å². The van der Waals surface area contributed by atoms with Gasteiger partial charge in [0.25, 0.3) is 0 Å². The summed E-state index contributed by atoms with van der Waals surface area (Å²) in [6.07, 6.45) is 17.2. The molecule has 1 aliphatic carbocycles. The fraction of sp³-hybridized carbons (Fsp3) is 0.692. The van der Waals surface area contributed by atoms with Gasteiger partial charge in [-0.3, -0.25) is 0 Å². The molecule has 172 valence electrons. The second-order valence-electron chi connectivity index (χ2n) is 8.78. The van der Waals surface area contributed by atoms with E-state index in [4.69, 9.17) is 19.3 Å². The zero-order chi connectivity index (χ0) is 22.2. The van der Waals surface area contributed by atoms with Crippen molar-refractivity contribution in [3.63, 3.8) is 0 Å². The lowest BCUT2D eigenvalue weighted by molar-refractivity contribution is -0.0308. The summed E-state index contributed by atoms with van der Waals surface area (Å²) < 4.78 is 16.6. The summed E-state index contributed by atoms with van der Waals surface area (Å²) in [7, 11) is 0. The summed E-state index contributed by atoms with van der Waals surface area (Å²) in [5.74, 6) is 0.594. The van der Waals surface area contributed by atoms with Crippen molar-refractivity contribution >= 4 is 0 Å². The van der Waals surface area contributed by atoms with Crippen LogP contribution in [0.15, 0.2) is 47.1 Å². The number of ether oxygens (including phenoxy) is 3. The Kier molecular flexibility index (Phi) is 13.9. The molecule has 1 atom stereocenters. The Morgan fingerprint density at radius 1 is 1.03 bits per heavy atom. The van der Waals surface area contributed by atoms with Crippen LogP contribution < -0.4 is 0 Å². The van der Waals surface area contributed by atoms with E-state index in [0.29, 0.717) is 39.0 Å². The highest BCUT2D eigenvalue weighted by Crippen LogP contribution is 2.26. The standard InChI is InChI=1S/C26H44O4/c1-22-8-6-9-23(2)12-14-25(13-11-22)24(3)10-7-15-26(4,5)30-21-20-29-19-18-28-17-16-27/h7-8,10,12,15,25,27H,6,9,11,13-14,16-21H2,1-5H3/b15-7+,22-8?,23-12+,24-10+/t25-/m0/s1. The molecule has 0 saturated heterocycles. The third kappa shape index (κ3) is 13.2. The first-order chi connectivity index (χ1) is 14.3. The van der Waals surface area contributed by atoms with Crippen LogP contribution in [0.25, 0.3) is 0 Å². The monoisotopic (exact) mass is 420 g/mol. The van der Waals surface area contributed by atoms with E-state index in [1.807, 2.05) is 0 Å². The number of rotatable bonds is 12. The van der Waals surface area contributed by atoms with E-state index >= 15 is 0 Å². The average molecular weight is 421 g/mol. The minimum atomic E-state index is -0.334. The Balaban J connectivity index is 2.45. The summed E-state index contributed by atoms with van der Waals surface area (Å²) in [6, 6.07) is 0. The maximum Gasteiger partial charge on any atom is 0.0810 e. The second kappa shape index (κ2) is 15.6. The molecule has 0 amide bonds. The Bertz CT molecular complexity index is 584. The van der Waals surface area contributed by atoms with Crippen LogP contribution in [0.3, 0.4) is 0 Å². The largest absolute Gasteiger partial charge is 0.394 e. The first-order valence-electron chi connectivity index (χ1n) is 11.4. The van der Waals surface area contributed by atoms with Crippen molar-refractivity contribution in [2.45, 2.75) is 72.3 Å². The normalized spacial score (nSPS) is 21.4. The van der Waals surface area contributed by atoms with Crippen molar-refractivity contribution in [3.8, 4) is 0 Å². The van der Waals surface area contributed by atoms with E-state index in [0.717, 1.165) is 6.42 Å². The van der Waals surface area contributed by atoms with Gasteiger partial charge in [-0.05, 0) is 72.6 Å². The van der Waals surface area contributed by atoms with Crippen LogP contribution >= 0.6 is 0 Å². The summed E-state index contributed by atoms with van der Waals surface area (Å²) >= 11 is 0. The van der Waals surface area contributed by atoms with E-state index in [2.05, 4.69) is 65.0 Å². The molecule has 0 aromatic heterocycles. The van der Waals surface area contributed by atoms with Gasteiger partial charge in [0.1, 0.15) is 0 Å². The van der Waals surface area contributed by atoms with Crippen LogP contribution in [-0.2, 0) is 14.2 Å². The van der Waals surface area contributed by atoms with Gasteiger partial charge in [-0.15, -0.1) is 0 Å². The predicted molar refractivity (Wildman–Crippen MR) is 126 cm³/mol. The van der Waals surface area contributed by atoms with Crippen molar-refractivity contribution in [1.29, 1.82) is 0 Å². The molecule has 0 saturated carbocycles. The highest BCUT2D eigenvalue weighted by Gasteiger charge is 2.14. The zero-order valence-electron chi connectivity index (χ0n) is 19.9. The molecule has 0 bridgehead atoms. The fourth-order valence-corrected chi connectivity index (χ4v) is 3.39. The minimum Gasteiger partial charge on any atom is -0.394 e. The smallest absolute Gasteiger partial charge is 0.0810 e. The lowest BCUT2D eigenvalue weighted by Crippen LogP contribution is -2.24. The van der Waals surface area contributed by atoms with Crippen LogP contribution in [0.5, 0.6) is 0 Å². The quantitative estimate of drug-likeness (QED) is 0.247. The van der Waals surface area contributed by atoms with E-state index in [1.165, 1.54) is 42.4 Å².